The molecule has 0 spiro atoms. The number of carbonyl (C=O) groups excluding carboxylic acids is 1. The summed E-state index contributed by atoms with van der Waals surface area (Å²) in [6.07, 6.45) is 3.62. The second-order valence-corrected chi connectivity index (χ2v) is 6.83. The molecule has 1 amide bonds. The molecule has 142 valence electrons. The van der Waals surface area contributed by atoms with Crippen LogP contribution in [0.2, 0.25) is 0 Å². The van der Waals surface area contributed by atoms with E-state index in [-0.39, 0.29) is 11.7 Å². The van der Waals surface area contributed by atoms with Gasteiger partial charge in [0.05, 0.1) is 0 Å². The molecule has 4 rings (SSSR count). The van der Waals surface area contributed by atoms with E-state index in [1.54, 1.807) is 18.3 Å². The van der Waals surface area contributed by atoms with Crippen LogP contribution < -0.4 is 4.90 Å². The zero-order valence-electron chi connectivity index (χ0n) is 15.7. The number of rotatable bonds is 4. The number of hydrogen-bond donors (Lipinski definition) is 0. The first-order chi connectivity index (χ1) is 13.6. The Kier molecular flexibility index (Phi) is 5.02. The number of aromatic nitrogens is 2. The molecule has 1 aromatic heterocycles. The van der Waals surface area contributed by atoms with E-state index in [1.807, 2.05) is 47.2 Å². The second kappa shape index (κ2) is 7.76. The van der Waals surface area contributed by atoms with Gasteiger partial charge in [-0.1, -0.05) is 18.2 Å². The van der Waals surface area contributed by atoms with Gasteiger partial charge < -0.3 is 9.80 Å². The van der Waals surface area contributed by atoms with Gasteiger partial charge >= 0.3 is 0 Å². The average Bonchev–Trinajstić information content (AvgIpc) is 3.28. The Bertz CT molecular complexity index is 970. The van der Waals surface area contributed by atoms with Crippen LogP contribution in [-0.2, 0) is 0 Å². The number of amides is 1. The van der Waals surface area contributed by atoms with Crippen molar-refractivity contribution in [2.45, 2.75) is 12.8 Å². The summed E-state index contributed by atoms with van der Waals surface area (Å²) in [4.78, 5) is 25.9. The van der Waals surface area contributed by atoms with Gasteiger partial charge in [0.1, 0.15) is 17.2 Å². The summed E-state index contributed by atoms with van der Waals surface area (Å²) in [5.74, 6) is 0.625. The van der Waals surface area contributed by atoms with Crippen LogP contribution in [0.1, 0.15) is 23.2 Å². The molecule has 0 N–H and O–H groups in total. The lowest BCUT2D eigenvalue weighted by Gasteiger charge is -2.23. The van der Waals surface area contributed by atoms with Gasteiger partial charge in [0.25, 0.3) is 5.91 Å². The molecule has 2 aromatic carbocycles. The van der Waals surface area contributed by atoms with Gasteiger partial charge in [-0.2, -0.15) is 0 Å². The first-order valence-electron chi connectivity index (χ1n) is 9.34. The van der Waals surface area contributed by atoms with Crippen molar-refractivity contribution in [3.63, 3.8) is 0 Å². The fraction of sp³-hybridized carbons (Fsp3) is 0.227. The molecule has 0 atom stereocenters. The Morgan fingerprint density at radius 3 is 2.39 bits per heavy atom. The van der Waals surface area contributed by atoms with E-state index < -0.39 is 0 Å². The van der Waals surface area contributed by atoms with Crippen LogP contribution in [0.25, 0.3) is 11.4 Å². The zero-order valence-corrected chi connectivity index (χ0v) is 15.7. The number of likely N-dealkylation sites (tertiary alicyclic amines) is 1. The quantitative estimate of drug-likeness (QED) is 0.682. The second-order valence-electron chi connectivity index (χ2n) is 6.83. The highest BCUT2D eigenvalue weighted by Gasteiger charge is 2.25. The van der Waals surface area contributed by atoms with E-state index in [0.29, 0.717) is 22.8 Å². The van der Waals surface area contributed by atoms with Gasteiger partial charge in [-0.15, -0.1) is 0 Å². The molecular weight excluding hydrogens is 355 g/mol. The summed E-state index contributed by atoms with van der Waals surface area (Å²) in [7, 11) is 1.88. The predicted octanol–water partition coefficient (Wildman–Crippen LogP) is 4.29. The minimum absolute atomic E-state index is 0.0547. The van der Waals surface area contributed by atoms with Crippen molar-refractivity contribution in [3.05, 3.63) is 72.2 Å². The molecule has 2 heterocycles. The van der Waals surface area contributed by atoms with Crippen LogP contribution in [0.5, 0.6) is 0 Å². The van der Waals surface area contributed by atoms with Gasteiger partial charge in [0.15, 0.2) is 5.82 Å². The van der Waals surface area contributed by atoms with Gasteiger partial charge in [0, 0.05) is 37.6 Å². The lowest BCUT2D eigenvalue weighted by molar-refractivity contribution is 0.0793. The van der Waals surface area contributed by atoms with Crippen LogP contribution in [0, 0.1) is 5.82 Å². The normalized spacial score (nSPS) is 13.6. The van der Waals surface area contributed by atoms with Crippen molar-refractivity contribution in [2.24, 2.45) is 0 Å². The summed E-state index contributed by atoms with van der Waals surface area (Å²) < 4.78 is 13.3. The number of benzene rings is 2. The monoisotopic (exact) mass is 376 g/mol. The first kappa shape index (κ1) is 18.1. The Labute approximate surface area is 163 Å². The Morgan fingerprint density at radius 1 is 1.04 bits per heavy atom. The third-order valence-corrected chi connectivity index (χ3v) is 4.96. The standard InChI is InChI=1S/C22H21FN4O/c1-26(18-7-3-2-4-8-18)21-19(22(28)27-13-5-6-14-27)15-24-20(25-21)16-9-11-17(23)12-10-16/h2-4,7-12,15H,5-6,13-14H2,1H3. The molecule has 0 aliphatic carbocycles. The smallest absolute Gasteiger partial charge is 0.259 e. The topological polar surface area (TPSA) is 49.3 Å². The third kappa shape index (κ3) is 3.58. The number of hydrogen-bond acceptors (Lipinski definition) is 4. The average molecular weight is 376 g/mol. The van der Waals surface area contributed by atoms with Crippen molar-refractivity contribution in [2.75, 3.05) is 25.0 Å². The van der Waals surface area contributed by atoms with Crippen LogP contribution in [0.4, 0.5) is 15.9 Å². The van der Waals surface area contributed by atoms with Gasteiger partial charge in [-0.05, 0) is 49.2 Å². The minimum Gasteiger partial charge on any atom is -0.338 e. The molecule has 1 aliphatic heterocycles. The summed E-state index contributed by atoms with van der Waals surface area (Å²) in [5, 5.41) is 0. The lowest BCUT2D eigenvalue weighted by atomic mass is 10.2. The van der Waals surface area contributed by atoms with E-state index in [2.05, 4.69) is 9.97 Å². The number of halogens is 1. The first-order valence-corrected chi connectivity index (χ1v) is 9.34. The summed E-state index contributed by atoms with van der Waals surface area (Å²) in [6, 6.07) is 15.8. The lowest BCUT2D eigenvalue weighted by Crippen LogP contribution is -2.30. The third-order valence-electron chi connectivity index (χ3n) is 4.96. The molecule has 1 aliphatic rings. The molecule has 1 fully saturated rings. The highest BCUT2D eigenvalue weighted by atomic mass is 19.1. The van der Waals surface area contributed by atoms with Crippen LogP contribution >= 0.6 is 0 Å². The Balaban J connectivity index is 1.79. The van der Waals surface area contributed by atoms with Crippen LogP contribution in [0.15, 0.2) is 60.8 Å². The maximum absolute atomic E-state index is 13.3. The maximum Gasteiger partial charge on any atom is 0.259 e. The molecule has 0 saturated carbocycles. The molecule has 6 heteroatoms. The summed E-state index contributed by atoms with van der Waals surface area (Å²) in [5.41, 5.74) is 2.09. The highest BCUT2D eigenvalue weighted by molar-refractivity contribution is 5.99. The van der Waals surface area contributed by atoms with E-state index in [9.17, 15) is 9.18 Å². The molecule has 1 saturated heterocycles. The SMILES string of the molecule is CN(c1ccccc1)c1nc(-c2ccc(F)cc2)ncc1C(=O)N1CCCC1. The summed E-state index contributed by atoms with van der Waals surface area (Å²) >= 11 is 0. The number of carbonyl (C=O) groups is 1. The van der Waals surface area contributed by atoms with E-state index in [1.165, 1.54) is 12.1 Å². The molecule has 0 radical (unpaired) electrons. The molecule has 28 heavy (non-hydrogen) atoms. The number of anilines is 2. The molecule has 0 unspecified atom stereocenters. The van der Waals surface area contributed by atoms with Crippen molar-refractivity contribution in [3.8, 4) is 11.4 Å². The minimum atomic E-state index is -0.314. The fourth-order valence-electron chi connectivity index (χ4n) is 3.38. The van der Waals surface area contributed by atoms with Crippen LogP contribution in [-0.4, -0.2) is 40.9 Å². The maximum atomic E-state index is 13.3. The van der Waals surface area contributed by atoms with E-state index >= 15 is 0 Å². The van der Waals surface area contributed by atoms with Crippen molar-refractivity contribution in [1.82, 2.24) is 14.9 Å². The van der Waals surface area contributed by atoms with Crippen molar-refractivity contribution < 1.29 is 9.18 Å². The van der Waals surface area contributed by atoms with E-state index in [0.717, 1.165) is 31.6 Å². The number of nitrogens with zero attached hydrogens (tertiary/aromatic N) is 4. The van der Waals surface area contributed by atoms with E-state index in [4.69, 9.17) is 0 Å². The predicted molar refractivity (Wildman–Crippen MR) is 107 cm³/mol. The Morgan fingerprint density at radius 2 is 1.71 bits per heavy atom. The molecular formula is C22H21FN4O. The Hall–Kier alpha value is -3.28. The fourth-order valence-corrected chi connectivity index (χ4v) is 3.38. The highest BCUT2D eigenvalue weighted by Crippen LogP contribution is 2.29. The molecule has 0 bridgehead atoms. The number of para-hydroxylation sites is 1. The van der Waals surface area contributed by atoms with Crippen LogP contribution in [0.3, 0.4) is 0 Å². The van der Waals surface area contributed by atoms with Gasteiger partial charge in [-0.25, -0.2) is 14.4 Å². The largest absolute Gasteiger partial charge is 0.338 e. The van der Waals surface area contributed by atoms with Crippen molar-refractivity contribution >= 4 is 17.4 Å². The molecule has 3 aromatic rings. The molecule has 5 nitrogen and oxygen atoms in total. The summed E-state index contributed by atoms with van der Waals surface area (Å²) in [6.45, 7) is 1.51. The zero-order chi connectivity index (χ0) is 19.5. The van der Waals surface area contributed by atoms with Gasteiger partial charge in [0.2, 0.25) is 0 Å². The van der Waals surface area contributed by atoms with Crippen molar-refractivity contribution in [1.29, 1.82) is 0 Å². The van der Waals surface area contributed by atoms with Gasteiger partial charge in [-0.3, -0.25) is 4.79 Å².